The molecular formula is C6H4F3LiN2O3. The van der Waals surface area contributed by atoms with Gasteiger partial charge in [-0.15, -0.1) is 10.2 Å². The molecule has 0 aliphatic carbocycles. The molecular weight excluding hydrogens is 212 g/mol. The number of alkyl halides is 3. The van der Waals surface area contributed by atoms with Gasteiger partial charge in [0.15, 0.2) is 6.17 Å². The van der Waals surface area contributed by atoms with Gasteiger partial charge in [0.1, 0.15) is 5.97 Å². The predicted octanol–water partition coefficient (Wildman–Crippen LogP) is -3.42. The summed E-state index contributed by atoms with van der Waals surface area (Å²) in [4.78, 5) is 10.1. The van der Waals surface area contributed by atoms with Crippen molar-refractivity contribution in [3.63, 3.8) is 0 Å². The number of aromatic carboxylic acids is 1. The minimum atomic E-state index is -3.17. The second-order valence-corrected chi connectivity index (χ2v) is 2.34. The molecule has 5 nitrogen and oxygen atoms in total. The van der Waals surface area contributed by atoms with Crippen molar-refractivity contribution in [1.82, 2.24) is 10.2 Å². The van der Waals surface area contributed by atoms with Crippen molar-refractivity contribution in [1.29, 1.82) is 0 Å². The van der Waals surface area contributed by atoms with Crippen molar-refractivity contribution in [3.05, 3.63) is 11.8 Å². The largest absolute Gasteiger partial charge is 1.00 e. The van der Waals surface area contributed by atoms with E-state index in [1.54, 1.807) is 0 Å². The van der Waals surface area contributed by atoms with E-state index in [2.05, 4.69) is 14.6 Å². The molecule has 15 heavy (non-hydrogen) atoms. The first-order chi connectivity index (χ1) is 6.50. The van der Waals surface area contributed by atoms with Gasteiger partial charge in [0.25, 0.3) is 12.3 Å². The van der Waals surface area contributed by atoms with Gasteiger partial charge in [-0.3, -0.25) is 0 Å². The number of carbonyl (C=O) groups is 1. The fourth-order valence-electron chi connectivity index (χ4n) is 0.674. The second-order valence-electron chi connectivity index (χ2n) is 2.34. The number of hydrogen-bond donors (Lipinski definition) is 0. The number of carbonyl (C=O) groups excluding carboxylic acids is 1. The average Bonchev–Trinajstić information content (AvgIpc) is 2.52. The van der Waals surface area contributed by atoms with Crippen LogP contribution in [0.1, 0.15) is 16.6 Å². The summed E-state index contributed by atoms with van der Waals surface area (Å²) in [6.45, 7) is 0. The van der Waals surface area contributed by atoms with Crippen LogP contribution in [0.5, 0.6) is 0 Å². The van der Waals surface area contributed by atoms with E-state index in [0.717, 1.165) is 0 Å². The maximum absolute atomic E-state index is 12.4. The SMILES string of the molecule is O=C([O-])c1nnc(CC(F)C(F)F)o1.[Li+]. The van der Waals surface area contributed by atoms with Gasteiger partial charge in [-0.05, 0) is 0 Å². The van der Waals surface area contributed by atoms with Gasteiger partial charge in [0.2, 0.25) is 5.89 Å². The van der Waals surface area contributed by atoms with Crippen LogP contribution in [0.15, 0.2) is 4.42 Å². The molecule has 0 aliphatic rings. The summed E-state index contributed by atoms with van der Waals surface area (Å²) < 4.78 is 40.1. The molecule has 1 heterocycles. The molecule has 0 amide bonds. The normalized spacial score (nSPS) is 12.3. The van der Waals surface area contributed by atoms with E-state index >= 15 is 0 Å². The monoisotopic (exact) mass is 216 g/mol. The third kappa shape index (κ3) is 3.93. The van der Waals surface area contributed by atoms with Gasteiger partial charge in [0.05, 0.1) is 6.42 Å². The zero-order valence-corrected chi connectivity index (χ0v) is 7.61. The molecule has 0 saturated heterocycles. The van der Waals surface area contributed by atoms with E-state index in [1.807, 2.05) is 0 Å². The van der Waals surface area contributed by atoms with Crippen molar-refractivity contribution < 1.29 is 46.4 Å². The molecule has 0 N–H and O–H groups in total. The molecule has 0 bridgehead atoms. The Kier molecular flexibility index (Phi) is 5.39. The van der Waals surface area contributed by atoms with Gasteiger partial charge < -0.3 is 14.3 Å². The number of aromatic nitrogens is 2. The summed E-state index contributed by atoms with van der Waals surface area (Å²) in [6, 6.07) is 0. The molecule has 1 rings (SSSR count). The number of rotatable bonds is 4. The third-order valence-corrected chi connectivity index (χ3v) is 1.28. The van der Waals surface area contributed by atoms with Gasteiger partial charge in [-0.2, -0.15) is 0 Å². The molecule has 0 aromatic carbocycles. The van der Waals surface area contributed by atoms with E-state index in [0.29, 0.717) is 0 Å². The van der Waals surface area contributed by atoms with E-state index < -0.39 is 36.8 Å². The fourth-order valence-corrected chi connectivity index (χ4v) is 0.674. The Balaban J connectivity index is 0.00000196. The fraction of sp³-hybridized carbons (Fsp3) is 0.500. The van der Waals surface area contributed by atoms with Crippen LogP contribution in [0.25, 0.3) is 0 Å². The average molecular weight is 216 g/mol. The van der Waals surface area contributed by atoms with E-state index in [1.165, 1.54) is 0 Å². The summed E-state index contributed by atoms with van der Waals surface area (Å²) in [5, 5.41) is 16.1. The molecule has 1 aromatic heterocycles. The summed E-state index contributed by atoms with van der Waals surface area (Å²) in [7, 11) is 0. The zero-order valence-electron chi connectivity index (χ0n) is 7.61. The molecule has 1 aromatic rings. The van der Waals surface area contributed by atoms with Crippen LogP contribution >= 0.6 is 0 Å². The van der Waals surface area contributed by atoms with Crippen LogP contribution in [0, 0.1) is 0 Å². The Hall–Kier alpha value is -1.00. The molecule has 9 heteroatoms. The molecule has 0 saturated carbocycles. The van der Waals surface area contributed by atoms with Gasteiger partial charge in [-0.1, -0.05) is 0 Å². The number of hydrogen-bond acceptors (Lipinski definition) is 5. The van der Waals surface area contributed by atoms with Crippen molar-refractivity contribution in [2.45, 2.75) is 19.0 Å². The first-order valence-electron chi connectivity index (χ1n) is 3.46. The third-order valence-electron chi connectivity index (χ3n) is 1.28. The maximum atomic E-state index is 12.4. The predicted molar refractivity (Wildman–Crippen MR) is 33.2 cm³/mol. The Morgan fingerprint density at radius 2 is 2.00 bits per heavy atom. The first-order valence-corrected chi connectivity index (χ1v) is 3.46. The zero-order chi connectivity index (χ0) is 10.7. The molecule has 0 radical (unpaired) electrons. The first kappa shape index (κ1) is 14.0. The Morgan fingerprint density at radius 3 is 2.40 bits per heavy atom. The molecule has 78 valence electrons. The van der Waals surface area contributed by atoms with Crippen molar-refractivity contribution >= 4 is 5.97 Å². The molecule has 0 aliphatic heterocycles. The molecule has 1 atom stereocenters. The topological polar surface area (TPSA) is 79.0 Å². The number of carboxylic acids is 1. The summed E-state index contributed by atoms with van der Waals surface area (Å²) in [5.41, 5.74) is 0. The van der Waals surface area contributed by atoms with Crippen LogP contribution in [-0.2, 0) is 6.42 Å². The van der Waals surface area contributed by atoms with Crippen LogP contribution < -0.4 is 24.0 Å². The van der Waals surface area contributed by atoms with E-state index in [4.69, 9.17) is 0 Å². The van der Waals surface area contributed by atoms with Gasteiger partial charge in [-0.25, -0.2) is 13.2 Å². The number of nitrogens with zero attached hydrogens (tertiary/aromatic N) is 2. The smallest absolute Gasteiger partial charge is 0.540 e. The molecule has 0 spiro atoms. The van der Waals surface area contributed by atoms with Crippen molar-refractivity contribution in [3.8, 4) is 0 Å². The van der Waals surface area contributed by atoms with Crippen LogP contribution in [0.3, 0.4) is 0 Å². The Labute approximate surface area is 93.8 Å². The second kappa shape index (κ2) is 5.78. The Morgan fingerprint density at radius 1 is 1.40 bits per heavy atom. The summed E-state index contributed by atoms with van der Waals surface area (Å²) >= 11 is 0. The standard InChI is InChI=1S/C6H5F3N2O3.Li/c7-2(4(8)9)1-3-10-11-5(14-3)6(12)13;/h2,4H,1H2,(H,12,13);/q;+1/p-1. The van der Waals surface area contributed by atoms with Crippen molar-refractivity contribution in [2.75, 3.05) is 0 Å². The van der Waals surface area contributed by atoms with Gasteiger partial charge >= 0.3 is 18.9 Å². The van der Waals surface area contributed by atoms with Gasteiger partial charge in [0, 0.05) is 0 Å². The molecule has 1 unspecified atom stereocenters. The summed E-state index contributed by atoms with van der Waals surface area (Å²) in [5.74, 6) is -3.10. The van der Waals surface area contributed by atoms with Crippen LogP contribution in [0.4, 0.5) is 13.2 Å². The van der Waals surface area contributed by atoms with Crippen molar-refractivity contribution in [2.24, 2.45) is 0 Å². The minimum absolute atomic E-state index is 0. The molecule has 0 fully saturated rings. The Bertz CT molecular complexity index is 333. The quantitative estimate of drug-likeness (QED) is 0.490. The van der Waals surface area contributed by atoms with Crippen LogP contribution in [-0.4, -0.2) is 28.8 Å². The number of halogens is 3. The van der Waals surface area contributed by atoms with E-state index in [9.17, 15) is 23.1 Å². The number of carboxylic acid groups (broad SMARTS) is 1. The van der Waals surface area contributed by atoms with E-state index in [-0.39, 0.29) is 18.9 Å². The maximum Gasteiger partial charge on any atom is 1.00 e. The summed E-state index contributed by atoms with van der Waals surface area (Å²) in [6.07, 6.45) is -6.45. The van der Waals surface area contributed by atoms with Crippen LogP contribution in [0.2, 0.25) is 0 Å². The minimum Gasteiger partial charge on any atom is -0.540 e.